The molecule has 0 aromatic heterocycles. The van der Waals surface area contributed by atoms with E-state index >= 15 is 0 Å². The molecule has 0 bridgehead atoms. The molecule has 1 N–H and O–H groups in total. The van der Waals surface area contributed by atoms with Crippen LogP contribution in [0.1, 0.15) is 26.3 Å². The molecule has 1 atom stereocenters. The van der Waals surface area contributed by atoms with E-state index in [0.29, 0.717) is 11.4 Å². The Balaban J connectivity index is 1.99. The van der Waals surface area contributed by atoms with Crippen molar-refractivity contribution in [1.82, 2.24) is 10.2 Å². The zero-order valence-electron chi connectivity index (χ0n) is 21.8. The Morgan fingerprint density at radius 3 is 2.08 bits per heavy atom. The van der Waals surface area contributed by atoms with Gasteiger partial charge in [-0.2, -0.15) is 0 Å². The Morgan fingerprint density at radius 2 is 1.53 bits per heavy atom. The maximum absolute atomic E-state index is 13.8. The topological polar surface area (TPSA) is 96.0 Å². The summed E-state index contributed by atoms with van der Waals surface area (Å²) in [5.74, 6) is -0.327. The van der Waals surface area contributed by atoms with Crippen molar-refractivity contribution in [3.05, 3.63) is 88.9 Å². The minimum atomic E-state index is -4.13. The monoisotopic (exact) mass is 601 g/mol. The highest BCUT2D eigenvalue weighted by molar-refractivity contribution is 9.10. The van der Waals surface area contributed by atoms with Gasteiger partial charge in [-0.25, -0.2) is 8.42 Å². The Hall–Kier alpha value is -3.37. The number of methoxy groups -OCH3 is 1. The molecule has 2 amide bonds. The van der Waals surface area contributed by atoms with E-state index in [4.69, 9.17) is 4.74 Å². The van der Waals surface area contributed by atoms with Crippen molar-refractivity contribution in [1.29, 1.82) is 0 Å². The second-order valence-corrected chi connectivity index (χ2v) is 11.8. The molecule has 0 saturated carbocycles. The van der Waals surface area contributed by atoms with E-state index < -0.39 is 28.5 Å². The van der Waals surface area contributed by atoms with Crippen LogP contribution in [-0.2, 0) is 26.2 Å². The van der Waals surface area contributed by atoms with Gasteiger partial charge in [0.05, 0.1) is 17.7 Å². The van der Waals surface area contributed by atoms with Gasteiger partial charge in [-0.3, -0.25) is 13.9 Å². The molecule has 3 aromatic rings. The van der Waals surface area contributed by atoms with Crippen LogP contribution in [0.25, 0.3) is 0 Å². The molecule has 3 rings (SSSR count). The van der Waals surface area contributed by atoms with Gasteiger partial charge in [0.25, 0.3) is 10.0 Å². The van der Waals surface area contributed by atoms with Crippen LogP contribution < -0.4 is 14.4 Å². The molecule has 0 aliphatic rings. The summed E-state index contributed by atoms with van der Waals surface area (Å²) in [5, 5.41) is 2.84. The predicted molar refractivity (Wildman–Crippen MR) is 151 cm³/mol. The summed E-state index contributed by atoms with van der Waals surface area (Å²) in [5.41, 5.74) is 1.13. The van der Waals surface area contributed by atoms with Crippen LogP contribution in [0.4, 0.5) is 5.69 Å². The fourth-order valence-corrected chi connectivity index (χ4v) is 5.45. The van der Waals surface area contributed by atoms with Crippen LogP contribution in [0.3, 0.4) is 0 Å². The van der Waals surface area contributed by atoms with E-state index in [1.165, 1.54) is 24.1 Å². The number of benzene rings is 3. The van der Waals surface area contributed by atoms with Crippen LogP contribution >= 0.6 is 15.9 Å². The van der Waals surface area contributed by atoms with Crippen LogP contribution in [0, 0.1) is 0 Å². The molecule has 38 heavy (non-hydrogen) atoms. The standard InChI is InChI=1S/C28H32BrN3O5S/c1-20(2)30-28(34)21(3)31(18-22-10-12-23(29)13-11-22)27(33)19-32(24-8-6-5-7-9-24)38(35,36)26-16-14-25(37-4)15-17-26/h5-17,20-21H,18-19H2,1-4H3,(H,30,34)/t21-/m1/s1. The zero-order chi connectivity index (χ0) is 27.9. The van der Waals surface area contributed by atoms with Crippen molar-refractivity contribution in [2.75, 3.05) is 18.0 Å². The number of para-hydroxylation sites is 1. The molecule has 0 spiro atoms. The maximum Gasteiger partial charge on any atom is 0.264 e. The molecule has 8 nitrogen and oxygen atoms in total. The van der Waals surface area contributed by atoms with Gasteiger partial charge in [-0.05, 0) is 74.9 Å². The zero-order valence-corrected chi connectivity index (χ0v) is 24.2. The molecular weight excluding hydrogens is 570 g/mol. The number of hydrogen-bond donors (Lipinski definition) is 1. The highest BCUT2D eigenvalue weighted by Crippen LogP contribution is 2.26. The molecule has 0 unspecified atom stereocenters. The number of anilines is 1. The number of halogens is 1. The van der Waals surface area contributed by atoms with Crippen molar-refractivity contribution in [3.8, 4) is 5.75 Å². The van der Waals surface area contributed by atoms with Crippen molar-refractivity contribution >= 4 is 43.5 Å². The lowest BCUT2D eigenvalue weighted by atomic mass is 10.1. The number of nitrogens with zero attached hydrogens (tertiary/aromatic N) is 2. The number of carbonyl (C=O) groups excluding carboxylic acids is 2. The summed E-state index contributed by atoms with van der Waals surface area (Å²) >= 11 is 3.41. The van der Waals surface area contributed by atoms with E-state index in [0.717, 1.165) is 14.3 Å². The third-order valence-corrected chi connectivity index (χ3v) is 8.15. The number of ether oxygens (including phenoxy) is 1. The minimum absolute atomic E-state index is 0.0139. The van der Waals surface area contributed by atoms with Crippen molar-refractivity contribution in [3.63, 3.8) is 0 Å². The van der Waals surface area contributed by atoms with E-state index in [2.05, 4.69) is 21.2 Å². The lowest BCUT2D eigenvalue weighted by Gasteiger charge is -2.32. The molecule has 0 aliphatic heterocycles. The lowest BCUT2D eigenvalue weighted by Crippen LogP contribution is -2.52. The second kappa shape index (κ2) is 12.9. The quantitative estimate of drug-likeness (QED) is 0.347. The normalized spacial score (nSPS) is 12.1. The number of amides is 2. The van der Waals surface area contributed by atoms with Crippen molar-refractivity contribution < 1.29 is 22.7 Å². The van der Waals surface area contributed by atoms with E-state index in [1.807, 2.05) is 38.1 Å². The van der Waals surface area contributed by atoms with Gasteiger partial charge >= 0.3 is 0 Å². The number of rotatable bonds is 11. The first-order valence-electron chi connectivity index (χ1n) is 12.1. The molecule has 3 aromatic carbocycles. The first-order valence-corrected chi connectivity index (χ1v) is 14.3. The van der Waals surface area contributed by atoms with Gasteiger partial charge in [0.2, 0.25) is 11.8 Å². The number of sulfonamides is 1. The number of carbonyl (C=O) groups is 2. The Labute approximate surface area is 232 Å². The van der Waals surface area contributed by atoms with Gasteiger partial charge in [0, 0.05) is 17.1 Å². The fraction of sp³-hybridized carbons (Fsp3) is 0.286. The SMILES string of the molecule is COc1ccc(S(=O)(=O)N(CC(=O)N(Cc2ccc(Br)cc2)[C@H](C)C(=O)NC(C)C)c2ccccc2)cc1. The van der Waals surface area contributed by atoms with Crippen molar-refractivity contribution in [2.45, 2.75) is 44.3 Å². The summed E-state index contributed by atoms with van der Waals surface area (Å²) in [6.07, 6.45) is 0. The Bertz CT molecular complexity index is 1330. The van der Waals surface area contributed by atoms with Crippen LogP contribution in [-0.4, -0.2) is 50.9 Å². The van der Waals surface area contributed by atoms with E-state index in [-0.39, 0.29) is 23.4 Å². The summed E-state index contributed by atoms with van der Waals surface area (Å²) in [6, 6.07) is 20.8. The molecule has 10 heteroatoms. The average molecular weight is 603 g/mol. The lowest BCUT2D eigenvalue weighted by molar-refractivity contribution is -0.139. The van der Waals surface area contributed by atoms with Crippen LogP contribution in [0.5, 0.6) is 5.75 Å². The van der Waals surface area contributed by atoms with Crippen molar-refractivity contribution in [2.24, 2.45) is 0 Å². The van der Waals surface area contributed by atoms with Gasteiger partial charge in [-0.15, -0.1) is 0 Å². The molecule has 0 heterocycles. The van der Waals surface area contributed by atoms with Gasteiger partial charge < -0.3 is 15.0 Å². The molecule has 0 aliphatic carbocycles. The van der Waals surface area contributed by atoms with Gasteiger partial charge in [0.15, 0.2) is 0 Å². The summed E-state index contributed by atoms with van der Waals surface area (Å²) in [7, 11) is -2.63. The summed E-state index contributed by atoms with van der Waals surface area (Å²) < 4.78 is 34.6. The average Bonchev–Trinajstić information content (AvgIpc) is 2.90. The third kappa shape index (κ3) is 7.35. The summed E-state index contributed by atoms with van der Waals surface area (Å²) in [4.78, 5) is 28.2. The van der Waals surface area contributed by atoms with Crippen LogP contribution in [0.2, 0.25) is 0 Å². The molecule has 0 saturated heterocycles. The van der Waals surface area contributed by atoms with E-state index in [1.54, 1.807) is 49.4 Å². The van der Waals surface area contributed by atoms with Gasteiger partial charge in [-0.1, -0.05) is 46.3 Å². The Kier molecular flexibility index (Phi) is 9.93. The predicted octanol–water partition coefficient (Wildman–Crippen LogP) is 4.59. The minimum Gasteiger partial charge on any atom is -0.497 e. The first kappa shape index (κ1) is 29.2. The van der Waals surface area contributed by atoms with E-state index in [9.17, 15) is 18.0 Å². The molecular formula is C28H32BrN3O5S. The largest absolute Gasteiger partial charge is 0.497 e. The smallest absolute Gasteiger partial charge is 0.264 e. The highest BCUT2D eigenvalue weighted by atomic mass is 79.9. The fourth-order valence-electron chi connectivity index (χ4n) is 3.77. The molecule has 0 radical (unpaired) electrons. The van der Waals surface area contributed by atoms with Gasteiger partial charge in [0.1, 0.15) is 18.3 Å². The highest BCUT2D eigenvalue weighted by Gasteiger charge is 2.32. The second-order valence-electron chi connectivity index (χ2n) is 9.01. The number of hydrogen-bond acceptors (Lipinski definition) is 5. The maximum atomic E-state index is 13.8. The van der Waals surface area contributed by atoms with Crippen LogP contribution in [0.15, 0.2) is 88.2 Å². The third-order valence-electron chi connectivity index (χ3n) is 5.83. The first-order chi connectivity index (χ1) is 18.0. The Morgan fingerprint density at radius 1 is 0.921 bits per heavy atom. The molecule has 202 valence electrons. The molecule has 0 fully saturated rings. The number of nitrogens with one attached hydrogen (secondary N) is 1. The summed E-state index contributed by atoms with van der Waals surface area (Å²) in [6.45, 7) is 4.95.